The second kappa shape index (κ2) is 4.55. The fraction of sp³-hybridized carbons (Fsp3) is 0.667. The molecule has 0 spiro atoms. The SMILES string of the molecule is CCC[C@]12C[C@]3(OCC)O[C@H](C)[C@H](c4ccccc41)[C@@H]3O2. The minimum atomic E-state index is -0.549. The van der Waals surface area contributed by atoms with Gasteiger partial charge in [0.25, 0.3) is 0 Å². The van der Waals surface area contributed by atoms with Crippen molar-refractivity contribution in [1.29, 1.82) is 0 Å². The van der Waals surface area contributed by atoms with Gasteiger partial charge in [0.05, 0.1) is 11.7 Å². The van der Waals surface area contributed by atoms with Gasteiger partial charge in [0.2, 0.25) is 0 Å². The van der Waals surface area contributed by atoms with E-state index in [0.29, 0.717) is 12.5 Å². The van der Waals surface area contributed by atoms with Crippen molar-refractivity contribution in [3.63, 3.8) is 0 Å². The van der Waals surface area contributed by atoms with Crippen molar-refractivity contribution in [3.8, 4) is 0 Å². The molecule has 21 heavy (non-hydrogen) atoms. The molecule has 2 fully saturated rings. The predicted octanol–water partition coefficient (Wildman–Crippen LogP) is 3.72. The standard InChI is InChI=1S/C18H24O3/c1-4-10-17-11-18(19-5-2)16(21-17)15(12(3)20-18)13-8-6-7-9-14(13)17/h6-9,12,15-16H,4-5,10-11H2,1-3H3/t12-,15-,16+,17+,18+/m1/s1. The quantitative estimate of drug-likeness (QED) is 0.845. The third kappa shape index (κ3) is 1.65. The van der Waals surface area contributed by atoms with Crippen LogP contribution in [0.4, 0.5) is 0 Å². The summed E-state index contributed by atoms with van der Waals surface area (Å²) < 4.78 is 19.1. The fourth-order valence-corrected chi connectivity index (χ4v) is 4.84. The van der Waals surface area contributed by atoms with Crippen LogP contribution in [0.25, 0.3) is 0 Å². The second-order valence-electron chi connectivity index (χ2n) is 6.64. The van der Waals surface area contributed by atoms with Gasteiger partial charge in [0.1, 0.15) is 6.10 Å². The highest BCUT2D eigenvalue weighted by molar-refractivity contribution is 5.43. The Bertz CT molecular complexity index is 557. The van der Waals surface area contributed by atoms with Crippen LogP contribution in [0.15, 0.2) is 24.3 Å². The number of fused-ring (bicyclic) bond motifs is 4. The van der Waals surface area contributed by atoms with E-state index in [4.69, 9.17) is 14.2 Å². The molecule has 2 saturated heterocycles. The Morgan fingerprint density at radius 3 is 2.81 bits per heavy atom. The molecule has 1 aromatic carbocycles. The number of hydrogen-bond acceptors (Lipinski definition) is 3. The lowest BCUT2D eigenvalue weighted by atomic mass is 9.79. The zero-order valence-corrected chi connectivity index (χ0v) is 13.1. The zero-order valence-electron chi connectivity index (χ0n) is 13.1. The smallest absolute Gasteiger partial charge is 0.198 e. The molecule has 0 aromatic heterocycles. The molecule has 0 aliphatic carbocycles. The summed E-state index contributed by atoms with van der Waals surface area (Å²) >= 11 is 0. The van der Waals surface area contributed by atoms with Crippen LogP contribution in [-0.2, 0) is 19.8 Å². The van der Waals surface area contributed by atoms with E-state index in [1.807, 2.05) is 6.92 Å². The summed E-state index contributed by atoms with van der Waals surface area (Å²) in [6.45, 7) is 7.07. The molecule has 3 aliphatic heterocycles. The van der Waals surface area contributed by atoms with Crippen LogP contribution in [0.2, 0.25) is 0 Å². The Morgan fingerprint density at radius 1 is 1.24 bits per heavy atom. The molecule has 0 amide bonds. The van der Waals surface area contributed by atoms with Crippen LogP contribution in [0.1, 0.15) is 57.1 Å². The average molecular weight is 288 g/mol. The third-order valence-electron chi connectivity index (χ3n) is 5.39. The van der Waals surface area contributed by atoms with Crippen molar-refractivity contribution in [3.05, 3.63) is 35.4 Å². The van der Waals surface area contributed by atoms with Gasteiger partial charge in [-0.15, -0.1) is 0 Å². The molecule has 3 aliphatic rings. The molecule has 1 aromatic rings. The highest BCUT2D eigenvalue weighted by atomic mass is 16.7. The number of rotatable bonds is 4. The average Bonchev–Trinajstić information content (AvgIpc) is 2.86. The highest BCUT2D eigenvalue weighted by Crippen LogP contribution is 2.63. The van der Waals surface area contributed by atoms with E-state index < -0.39 is 5.79 Å². The third-order valence-corrected chi connectivity index (χ3v) is 5.39. The molecule has 0 unspecified atom stereocenters. The molecule has 0 N–H and O–H groups in total. The molecule has 114 valence electrons. The lowest BCUT2D eigenvalue weighted by Gasteiger charge is -2.39. The summed E-state index contributed by atoms with van der Waals surface area (Å²) in [6.07, 6.45) is 3.13. The van der Waals surface area contributed by atoms with Crippen LogP contribution >= 0.6 is 0 Å². The van der Waals surface area contributed by atoms with E-state index >= 15 is 0 Å². The Hall–Kier alpha value is -0.900. The van der Waals surface area contributed by atoms with Crippen LogP contribution in [0.5, 0.6) is 0 Å². The number of ether oxygens (including phenoxy) is 3. The Morgan fingerprint density at radius 2 is 2.05 bits per heavy atom. The van der Waals surface area contributed by atoms with Gasteiger partial charge in [-0.1, -0.05) is 37.6 Å². The summed E-state index contributed by atoms with van der Waals surface area (Å²) in [5.41, 5.74) is 2.56. The molecular weight excluding hydrogens is 264 g/mol. The van der Waals surface area contributed by atoms with E-state index in [0.717, 1.165) is 19.3 Å². The van der Waals surface area contributed by atoms with Gasteiger partial charge in [0, 0.05) is 18.9 Å². The van der Waals surface area contributed by atoms with Gasteiger partial charge in [-0.2, -0.15) is 0 Å². The van der Waals surface area contributed by atoms with Crippen molar-refractivity contribution in [1.82, 2.24) is 0 Å². The Kier molecular flexibility index (Phi) is 2.97. The fourth-order valence-electron chi connectivity index (χ4n) is 4.84. The van der Waals surface area contributed by atoms with Crippen LogP contribution < -0.4 is 0 Å². The summed E-state index contributed by atoms with van der Waals surface area (Å²) in [6, 6.07) is 8.77. The van der Waals surface area contributed by atoms with Gasteiger partial charge in [0.15, 0.2) is 5.79 Å². The van der Waals surface area contributed by atoms with E-state index in [2.05, 4.69) is 38.1 Å². The van der Waals surface area contributed by atoms with Crippen LogP contribution in [-0.4, -0.2) is 24.6 Å². The van der Waals surface area contributed by atoms with E-state index in [1.165, 1.54) is 11.1 Å². The first kappa shape index (κ1) is 13.7. The minimum Gasteiger partial charge on any atom is -0.360 e. The van der Waals surface area contributed by atoms with Crippen molar-refractivity contribution in [2.24, 2.45) is 0 Å². The van der Waals surface area contributed by atoms with Crippen LogP contribution in [0, 0.1) is 0 Å². The molecular formula is C18H24O3. The maximum Gasteiger partial charge on any atom is 0.198 e. The van der Waals surface area contributed by atoms with E-state index in [1.54, 1.807) is 0 Å². The molecule has 2 bridgehead atoms. The monoisotopic (exact) mass is 288 g/mol. The molecule has 5 atom stereocenters. The van der Waals surface area contributed by atoms with Crippen molar-refractivity contribution in [2.75, 3.05) is 6.61 Å². The first-order chi connectivity index (χ1) is 10.2. The number of hydrogen-bond donors (Lipinski definition) is 0. The van der Waals surface area contributed by atoms with Gasteiger partial charge in [-0.05, 0) is 31.4 Å². The maximum atomic E-state index is 6.62. The van der Waals surface area contributed by atoms with Crippen molar-refractivity contribution in [2.45, 2.75) is 69.5 Å². The topological polar surface area (TPSA) is 27.7 Å². The highest BCUT2D eigenvalue weighted by Gasteiger charge is 2.69. The number of benzene rings is 1. The van der Waals surface area contributed by atoms with E-state index in [-0.39, 0.29) is 17.8 Å². The largest absolute Gasteiger partial charge is 0.360 e. The van der Waals surface area contributed by atoms with Gasteiger partial charge in [-0.25, -0.2) is 0 Å². The van der Waals surface area contributed by atoms with Gasteiger partial charge in [-0.3, -0.25) is 0 Å². The summed E-state index contributed by atoms with van der Waals surface area (Å²) in [5, 5.41) is 0. The lowest BCUT2D eigenvalue weighted by Crippen LogP contribution is -2.39. The molecule has 3 nitrogen and oxygen atoms in total. The molecule has 3 heteroatoms. The van der Waals surface area contributed by atoms with Gasteiger partial charge < -0.3 is 14.2 Å². The molecule has 3 heterocycles. The first-order valence-corrected chi connectivity index (χ1v) is 8.25. The summed E-state index contributed by atoms with van der Waals surface area (Å²) in [4.78, 5) is 0. The normalized spacial score (nSPS) is 43.1. The minimum absolute atomic E-state index is 0.0360. The first-order valence-electron chi connectivity index (χ1n) is 8.25. The van der Waals surface area contributed by atoms with E-state index in [9.17, 15) is 0 Å². The predicted molar refractivity (Wildman–Crippen MR) is 80.2 cm³/mol. The molecule has 0 radical (unpaired) electrons. The molecule has 0 saturated carbocycles. The summed E-state index contributed by atoms with van der Waals surface area (Å²) in [5.74, 6) is -0.257. The zero-order chi connectivity index (χ0) is 14.7. The Balaban J connectivity index is 1.89. The van der Waals surface area contributed by atoms with Crippen LogP contribution in [0.3, 0.4) is 0 Å². The van der Waals surface area contributed by atoms with Crippen molar-refractivity contribution < 1.29 is 14.2 Å². The summed E-state index contributed by atoms with van der Waals surface area (Å²) in [7, 11) is 0. The maximum absolute atomic E-state index is 6.62. The molecule has 4 rings (SSSR count). The second-order valence-corrected chi connectivity index (χ2v) is 6.64. The lowest BCUT2D eigenvalue weighted by molar-refractivity contribution is -0.231. The van der Waals surface area contributed by atoms with Gasteiger partial charge >= 0.3 is 0 Å². The Labute approximate surface area is 126 Å². The van der Waals surface area contributed by atoms with Crippen molar-refractivity contribution >= 4 is 0 Å².